The first-order valence-corrected chi connectivity index (χ1v) is 7.93. The number of amides is 1. The lowest BCUT2D eigenvalue weighted by Gasteiger charge is -2.15. The predicted molar refractivity (Wildman–Crippen MR) is 82.2 cm³/mol. The summed E-state index contributed by atoms with van der Waals surface area (Å²) in [6.07, 6.45) is -0.892. The Morgan fingerprint density at radius 2 is 1.79 bits per heavy atom. The zero-order valence-corrected chi connectivity index (χ0v) is 13.4. The lowest BCUT2D eigenvalue weighted by molar-refractivity contribution is -0.154. The summed E-state index contributed by atoms with van der Waals surface area (Å²) in [5.74, 6) is -0.672. The fraction of sp³-hybridized carbons (Fsp3) is 0.529. The second-order valence-electron chi connectivity index (χ2n) is 6.05. The van der Waals surface area contributed by atoms with Crippen molar-refractivity contribution in [2.75, 3.05) is 5.32 Å². The first-order chi connectivity index (χ1) is 11.3. The molecule has 1 saturated carbocycles. The average Bonchev–Trinajstić information content (AvgIpc) is 2.99. The molecule has 0 unspecified atom stereocenters. The third-order valence-electron chi connectivity index (χ3n) is 4.09. The first kappa shape index (κ1) is 18.3. The van der Waals surface area contributed by atoms with Gasteiger partial charge in [-0.3, -0.25) is 9.59 Å². The van der Waals surface area contributed by atoms with Gasteiger partial charge in [-0.2, -0.15) is 13.2 Å². The van der Waals surface area contributed by atoms with Gasteiger partial charge in [0.15, 0.2) is 6.10 Å². The minimum Gasteiger partial charge on any atom is -0.453 e. The van der Waals surface area contributed by atoms with Gasteiger partial charge in [0.25, 0.3) is 5.91 Å². The molecule has 1 aromatic rings. The highest BCUT2D eigenvalue weighted by Gasteiger charge is 2.30. The zero-order chi connectivity index (χ0) is 17.7. The summed E-state index contributed by atoms with van der Waals surface area (Å²) in [6, 6.07) is 4.08. The summed E-state index contributed by atoms with van der Waals surface area (Å²) in [7, 11) is 0. The summed E-state index contributed by atoms with van der Waals surface area (Å²) >= 11 is 0. The molecule has 1 aliphatic carbocycles. The fourth-order valence-corrected chi connectivity index (χ4v) is 2.74. The number of halogens is 3. The highest BCUT2D eigenvalue weighted by Crippen LogP contribution is 2.30. The third kappa shape index (κ3) is 5.25. The minimum absolute atomic E-state index is 0.215. The van der Waals surface area contributed by atoms with Crippen LogP contribution in [0.2, 0.25) is 0 Å². The van der Waals surface area contributed by atoms with Gasteiger partial charge in [0.05, 0.1) is 5.56 Å². The number of anilines is 1. The average molecular weight is 343 g/mol. The molecule has 1 aromatic carbocycles. The predicted octanol–water partition coefficient (Wildman–Crippen LogP) is 4.16. The van der Waals surface area contributed by atoms with Crippen molar-refractivity contribution in [3.8, 4) is 0 Å². The van der Waals surface area contributed by atoms with Gasteiger partial charge in [-0.05, 0) is 49.9 Å². The van der Waals surface area contributed by atoms with Crippen LogP contribution in [0.15, 0.2) is 24.3 Å². The maximum atomic E-state index is 12.5. The van der Waals surface area contributed by atoms with Gasteiger partial charge in [-0.1, -0.05) is 12.8 Å². The number of ether oxygens (including phenoxy) is 1. The van der Waals surface area contributed by atoms with Crippen LogP contribution in [-0.2, 0) is 20.5 Å². The Kier molecular flexibility index (Phi) is 5.85. The Hall–Kier alpha value is -2.05. The van der Waals surface area contributed by atoms with E-state index >= 15 is 0 Å². The molecule has 132 valence electrons. The Balaban J connectivity index is 1.83. The Labute approximate surface area is 138 Å². The number of alkyl halides is 3. The second-order valence-corrected chi connectivity index (χ2v) is 6.05. The summed E-state index contributed by atoms with van der Waals surface area (Å²) in [5, 5.41) is 2.44. The number of carbonyl (C=O) groups is 2. The summed E-state index contributed by atoms with van der Waals surface area (Å²) in [6.45, 7) is 1.44. The number of carbonyl (C=O) groups excluding carboxylic acids is 2. The van der Waals surface area contributed by atoms with Crippen LogP contribution in [0.4, 0.5) is 18.9 Å². The van der Waals surface area contributed by atoms with Crippen LogP contribution in [0.25, 0.3) is 0 Å². The molecule has 4 nitrogen and oxygen atoms in total. The molecule has 1 amide bonds. The van der Waals surface area contributed by atoms with E-state index in [1.807, 2.05) is 0 Å². The minimum atomic E-state index is -4.43. The topological polar surface area (TPSA) is 55.4 Å². The van der Waals surface area contributed by atoms with Gasteiger partial charge in [0.2, 0.25) is 0 Å². The lowest BCUT2D eigenvalue weighted by atomic mass is 10.0. The molecule has 1 N–H and O–H groups in total. The van der Waals surface area contributed by atoms with E-state index in [0.29, 0.717) is 12.3 Å². The Bertz CT molecular complexity index is 578. The van der Waals surface area contributed by atoms with E-state index in [1.54, 1.807) is 0 Å². The van der Waals surface area contributed by atoms with Crippen molar-refractivity contribution < 1.29 is 27.5 Å². The second kappa shape index (κ2) is 7.68. The van der Waals surface area contributed by atoms with Crippen molar-refractivity contribution >= 4 is 17.6 Å². The SMILES string of the molecule is C[C@@H](OC(=O)CC1CCCC1)C(=O)Nc1ccc(C(F)(F)F)cc1. The summed E-state index contributed by atoms with van der Waals surface area (Å²) in [4.78, 5) is 23.8. The maximum Gasteiger partial charge on any atom is 0.416 e. The van der Waals surface area contributed by atoms with Gasteiger partial charge in [-0.15, -0.1) is 0 Å². The van der Waals surface area contributed by atoms with Crippen molar-refractivity contribution in [1.29, 1.82) is 0 Å². The number of hydrogen-bond acceptors (Lipinski definition) is 3. The molecule has 0 bridgehead atoms. The fourth-order valence-electron chi connectivity index (χ4n) is 2.74. The molecule has 0 radical (unpaired) electrons. The molecule has 0 heterocycles. The number of esters is 1. The maximum absolute atomic E-state index is 12.5. The van der Waals surface area contributed by atoms with Gasteiger partial charge in [0, 0.05) is 12.1 Å². The molecule has 1 fully saturated rings. The lowest BCUT2D eigenvalue weighted by Crippen LogP contribution is -2.30. The van der Waals surface area contributed by atoms with Crippen molar-refractivity contribution in [3.63, 3.8) is 0 Å². The van der Waals surface area contributed by atoms with E-state index in [0.717, 1.165) is 49.9 Å². The summed E-state index contributed by atoms with van der Waals surface area (Å²) in [5.41, 5.74) is -0.580. The van der Waals surface area contributed by atoms with E-state index in [-0.39, 0.29) is 5.69 Å². The van der Waals surface area contributed by atoms with Crippen molar-refractivity contribution in [2.24, 2.45) is 5.92 Å². The van der Waals surface area contributed by atoms with Crippen LogP contribution in [0.3, 0.4) is 0 Å². The Morgan fingerprint density at radius 3 is 2.33 bits per heavy atom. The van der Waals surface area contributed by atoms with Crippen molar-refractivity contribution in [3.05, 3.63) is 29.8 Å². The normalized spacial score (nSPS) is 16.7. The van der Waals surface area contributed by atoms with Crippen LogP contribution in [0.5, 0.6) is 0 Å². The molecular formula is C17H20F3NO3. The molecule has 1 atom stereocenters. The van der Waals surface area contributed by atoms with E-state index in [4.69, 9.17) is 4.74 Å². The monoisotopic (exact) mass is 343 g/mol. The van der Waals surface area contributed by atoms with Gasteiger partial charge in [-0.25, -0.2) is 0 Å². The van der Waals surface area contributed by atoms with E-state index in [1.165, 1.54) is 6.92 Å². The standard InChI is InChI=1S/C17H20F3NO3/c1-11(24-15(22)10-12-4-2-3-5-12)16(23)21-14-8-6-13(7-9-14)17(18,19)20/h6-9,11-12H,2-5,10H2,1H3,(H,21,23)/t11-/m1/s1. The van der Waals surface area contributed by atoms with Gasteiger partial charge < -0.3 is 10.1 Å². The zero-order valence-electron chi connectivity index (χ0n) is 13.4. The number of benzene rings is 1. The van der Waals surface area contributed by atoms with Crippen LogP contribution >= 0.6 is 0 Å². The molecular weight excluding hydrogens is 323 g/mol. The highest BCUT2D eigenvalue weighted by atomic mass is 19.4. The molecule has 0 aromatic heterocycles. The third-order valence-corrected chi connectivity index (χ3v) is 4.09. The van der Waals surface area contributed by atoms with Crippen LogP contribution in [-0.4, -0.2) is 18.0 Å². The molecule has 0 aliphatic heterocycles. The molecule has 24 heavy (non-hydrogen) atoms. The molecule has 0 saturated heterocycles. The number of hydrogen-bond donors (Lipinski definition) is 1. The largest absolute Gasteiger partial charge is 0.453 e. The number of rotatable bonds is 5. The van der Waals surface area contributed by atoms with Crippen LogP contribution in [0, 0.1) is 5.92 Å². The smallest absolute Gasteiger partial charge is 0.416 e. The molecule has 7 heteroatoms. The van der Waals surface area contributed by atoms with E-state index in [9.17, 15) is 22.8 Å². The molecule has 1 aliphatic rings. The van der Waals surface area contributed by atoms with Gasteiger partial charge >= 0.3 is 12.1 Å². The Morgan fingerprint density at radius 1 is 1.21 bits per heavy atom. The van der Waals surface area contributed by atoms with E-state index in [2.05, 4.69) is 5.32 Å². The van der Waals surface area contributed by atoms with Crippen LogP contribution < -0.4 is 5.32 Å². The van der Waals surface area contributed by atoms with E-state index < -0.39 is 29.7 Å². The highest BCUT2D eigenvalue weighted by molar-refractivity contribution is 5.95. The van der Waals surface area contributed by atoms with Crippen molar-refractivity contribution in [1.82, 2.24) is 0 Å². The summed E-state index contributed by atoms with van der Waals surface area (Å²) < 4.78 is 42.5. The van der Waals surface area contributed by atoms with Crippen LogP contribution in [0.1, 0.15) is 44.6 Å². The first-order valence-electron chi connectivity index (χ1n) is 7.93. The molecule has 2 rings (SSSR count). The quantitative estimate of drug-likeness (QED) is 0.817. The number of nitrogens with one attached hydrogen (secondary N) is 1. The molecule has 0 spiro atoms. The van der Waals surface area contributed by atoms with Gasteiger partial charge in [0.1, 0.15) is 0 Å². The van der Waals surface area contributed by atoms with Crippen molar-refractivity contribution in [2.45, 2.75) is 51.3 Å².